The van der Waals surface area contributed by atoms with E-state index in [9.17, 15) is 4.79 Å². The fourth-order valence-electron chi connectivity index (χ4n) is 3.03. The van der Waals surface area contributed by atoms with Gasteiger partial charge in [-0.15, -0.1) is 5.10 Å². The quantitative estimate of drug-likeness (QED) is 0.512. The van der Waals surface area contributed by atoms with Crippen LogP contribution in [0.3, 0.4) is 0 Å². The van der Waals surface area contributed by atoms with Crippen molar-refractivity contribution in [1.29, 1.82) is 0 Å². The second kappa shape index (κ2) is 8.75. The Morgan fingerprint density at radius 3 is 2.77 bits per heavy atom. The summed E-state index contributed by atoms with van der Waals surface area (Å²) in [6, 6.07) is 18.3. The molecule has 30 heavy (non-hydrogen) atoms. The van der Waals surface area contributed by atoms with E-state index in [0.717, 1.165) is 16.8 Å². The largest absolute Gasteiger partial charge is 0.497 e. The molecule has 2 aromatic carbocycles. The Hall–Kier alpha value is -3.71. The lowest BCUT2D eigenvalue weighted by molar-refractivity contribution is 0.0946. The summed E-state index contributed by atoms with van der Waals surface area (Å²) in [6.45, 7) is 0.317. The van der Waals surface area contributed by atoms with Crippen LogP contribution in [0, 0.1) is 0 Å². The molecule has 0 atom stereocenters. The number of ether oxygens (including phenoxy) is 1. The van der Waals surface area contributed by atoms with Crippen LogP contribution in [0.15, 0.2) is 73.1 Å². The molecule has 0 aliphatic rings. The number of pyridine rings is 1. The molecule has 2 heterocycles. The second-order valence-corrected chi connectivity index (χ2v) is 6.89. The van der Waals surface area contributed by atoms with Crippen molar-refractivity contribution in [3.63, 3.8) is 0 Å². The molecule has 0 spiro atoms. The van der Waals surface area contributed by atoms with Crippen molar-refractivity contribution in [2.45, 2.75) is 6.54 Å². The Balaban J connectivity index is 1.71. The van der Waals surface area contributed by atoms with Gasteiger partial charge in [-0.3, -0.25) is 9.78 Å². The summed E-state index contributed by atoms with van der Waals surface area (Å²) in [5, 5.41) is 11.9. The van der Waals surface area contributed by atoms with E-state index in [0.29, 0.717) is 23.0 Å². The molecule has 0 bridgehead atoms. The third kappa shape index (κ3) is 4.16. The number of amides is 1. The van der Waals surface area contributed by atoms with E-state index in [1.54, 1.807) is 42.4 Å². The molecule has 0 saturated carbocycles. The van der Waals surface area contributed by atoms with Gasteiger partial charge in [-0.05, 0) is 42.0 Å². The molecular weight excluding hydrogens is 402 g/mol. The third-order valence-electron chi connectivity index (χ3n) is 4.46. The van der Waals surface area contributed by atoms with Gasteiger partial charge in [-0.2, -0.15) is 0 Å². The molecule has 0 radical (unpaired) electrons. The number of methoxy groups -OCH3 is 1. The molecule has 0 fully saturated rings. The summed E-state index contributed by atoms with van der Waals surface area (Å²) in [6.07, 6.45) is 3.34. The highest BCUT2D eigenvalue weighted by molar-refractivity contribution is 6.30. The highest BCUT2D eigenvalue weighted by Gasteiger charge is 2.22. The van der Waals surface area contributed by atoms with Crippen LogP contribution in [0.4, 0.5) is 0 Å². The maximum Gasteiger partial charge on any atom is 0.274 e. The first-order valence-corrected chi connectivity index (χ1v) is 9.56. The number of aromatic nitrogens is 4. The van der Waals surface area contributed by atoms with E-state index in [2.05, 4.69) is 20.6 Å². The fourth-order valence-corrected chi connectivity index (χ4v) is 3.25. The molecule has 4 rings (SSSR count). The van der Waals surface area contributed by atoms with Crippen molar-refractivity contribution in [2.75, 3.05) is 7.11 Å². The van der Waals surface area contributed by atoms with Gasteiger partial charge in [-0.25, -0.2) is 4.68 Å². The van der Waals surface area contributed by atoms with Crippen molar-refractivity contribution >= 4 is 17.5 Å². The molecule has 4 aromatic rings. The predicted molar refractivity (Wildman–Crippen MR) is 114 cm³/mol. The van der Waals surface area contributed by atoms with Crippen LogP contribution >= 0.6 is 11.6 Å². The van der Waals surface area contributed by atoms with Crippen molar-refractivity contribution in [2.24, 2.45) is 0 Å². The van der Waals surface area contributed by atoms with Gasteiger partial charge in [0.25, 0.3) is 5.91 Å². The SMILES string of the molecule is COc1cccc(-n2nnc(C(=O)NCc3cccc(Cl)c3)c2-c2cccnc2)c1. The van der Waals surface area contributed by atoms with Gasteiger partial charge in [0.15, 0.2) is 5.69 Å². The van der Waals surface area contributed by atoms with Gasteiger partial charge < -0.3 is 10.1 Å². The van der Waals surface area contributed by atoms with E-state index in [-0.39, 0.29) is 11.6 Å². The zero-order valence-corrected chi connectivity index (χ0v) is 16.9. The highest BCUT2D eigenvalue weighted by atomic mass is 35.5. The number of nitrogens with zero attached hydrogens (tertiary/aromatic N) is 4. The molecule has 0 saturated heterocycles. The van der Waals surface area contributed by atoms with Gasteiger partial charge in [0, 0.05) is 35.6 Å². The molecular formula is C22H18ClN5O2. The zero-order valence-electron chi connectivity index (χ0n) is 16.1. The van der Waals surface area contributed by atoms with Crippen molar-refractivity contribution in [3.8, 4) is 22.7 Å². The van der Waals surface area contributed by atoms with Crippen LogP contribution in [-0.2, 0) is 6.54 Å². The molecule has 0 unspecified atom stereocenters. The first kappa shape index (κ1) is 19.6. The van der Waals surface area contributed by atoms with E-state index in [1.807, 2.05) is 42.5 Å². The average Bonchev–Trinajstić information content (AvgIpc) is 3.23. The molecule has 8 heteroatoms. The predicted octanol–water partition coefficient (Wildman–Crippen LogP) is 3.92. The van der Waals surface area contributed by atoms with Crippen molar-refractivity contribution in [3.05, 3.63) is 89.3 Å². The smallest absolute Gasteiger partial charge is 0.274 e. The van der Waals surface area contributed by atoms with Gasteiger partial charge in [0.1, 0.15) is 11.4 Å². The maximum absolute atomic E-state index is 13.0. The Labute approximate surface area is 178 Å². The van der Waals surface area contributed by atoms with Gasteiger partial charge in [-0.1, -0.05) is 35.0 Å². The molecule has 0 aliphatic carbocycles. The Bertz CT molecular complexity index is 1180. The van der Waals surface area contributed by atoms with E-state index in [4.69, 9.17) is 16.3 Å². The van der Waals surface area contributed by atoms with Gasteiger partial charge in [0.05, 0.1) is 12.8 Å². The normalized spacial score (nSPS) is 10.6. The summed E-state index contributed by atoms with van der Waals surface area (Å²) in [5.41, 5.74) is 3.07. The van der Waals surface area contributed by atoms with Crippen molar-refractivity contribution in [1.82, 2.24) is 25.3 Å². The monoisotopic (exact) mass is 419 g/mol. The number of carbonyl (C=O) groups excluding carboxylic acids is 1. The number of hydrogen-bond donors (Lipinski definition) is 1. The number of rotatable bonds is 6. The van der Waals surface area contributed by atoms with E-state index < -0.39 is 0 Å². The molecule has 1 amide bonds. The first-order valence-electron chi connectivity index (χ1n) is 9.19. The first-order chi connectivity index (χ1) is 14.7. The van der Waals surface area contributed by atoms with Gasteiger partial charge in [0.2, 0.25) is 0 Å². The van der Waals surface area contributed by atoms with Gasteiger partial charge >= 0.3 is 0 Å². The molecule has 150 valence electrons. The minimum atomic E-state index is -0.344. The lowest BCUT2D eigenvalue weighted by Gasteiger charge is -2.10. The van der Waals surface area contributed by atoms with E-state index in [1.165, 1.54) is 0 Å². The Kier molecular flexibility index (Phi) is 5.72. The number of hydrogen-bond acceptors (Lipinski definition) is 5. The second-order valence-electron chi connectivity index (χ2n) is 6.45. The maximum atomic E-state index is 13.0. The lowest BCUT2D eigenvalue weighted by Crippen LogP contribution is -2.24. The molecule has 0 aliphatic heterocycles. The lowest BCUT2D eigenvalue weighted by atomic mass is 10.1. The van der Waals surface area contributed by atoms with Crippen LogP contribution < -0.4 is 10.1 Å². The molecule has 1 N–H and O–H groups in total. The Morgan fingerprint density at radius 1 is 1.13 bits per heavy atom. The van der Waals surface area contributed by atoms with Crippen LogP contribution in [0.5, 0.6) is 5.75 Å². The van der Waals surface area contributed by atoms with Crippen LogP contribution in [0.25, 0.3) is 16.9 Å². The summed E-state index contributed by atoms with van der Waals surface area (Å²) in [4.78, 5) is 17.1. The minimum absolute atomic E-state index is 0.202. The number of benzene rings is 2. The summed E-state index contributed by atoms with van der Waals surface area (Å²) in [7, 11) is 1.59. The van der Waals surface area contributed by atoms with Crippen LogP contribution in [-0.4, -0.2) is 33.0 Å². The molecule has 2 aromatic heterocycles. The number of nitrogens with one attached hydrogen (secondary N) is 1. The average molecular weight is 420 g/mol. The third-order valence-corrected chi connectivity index (χ3v) is 4.70. The number of halogens is 1. The summed E-state index contributed by atoms with van der Waals surface area (Å²) in [5.74, 6) is 0.329. The zero-order chi connectivity index (χ0) is 20.9. The topological polar surface area (TPSA) is 81.9 Å². The highest BCUT2D eigenvalue weighted by Crippen LogP contribution is 2.26. The standard InChI is InChI=1S/C22H18ClN5O2/c1-30-19-9-3-8-18(12-19)28-21(16-6-4-10-24-14-16)20(26-27-28)22(29)25-13-15-5-2-7-17(23)11-15/h2-12,14H,13H2,1H3,(H,25,29). The minimum Gasteiger partial charge on any atom is -0.497 e. The van der Waals surface area contributed by atoms with Crippen LogP contribution in [0.1, 0.15) is 16.1 Å². The fraction of sp³-hybridized carbons (Fsp3) is 0.0909. The Morgan fingerprint density at radius 2 is 2.00 bits per heavy atom. The van der Waals surface area contributed by atoms with E-state index >= 15 is 0 Å². The molecule has 7 nitrogen and oxygen atoms in total. The van der Waals surface area contributed by atoms with Crippen molar-refractivity contribution < 1.29 is 9.53 Å². The number of carbonyl (C=O) groups is 1. The summed E-state index contributed by atoms with van der Waals surface area (Å²) < 4.78 is 6.91. The van der Waals surface area contributed by atoms with Crippen LogP contribution in [0.2, 0.25) is 5.02 Å². The summed E-state index contributed by atoms with van der Waals surface area (Å²) >= 11 is 6.02.